The van der Waals surface area contributed by atoms with Crippen molar-refractivity contribution in [3.63, 3.8) is 0 Å². The van der Waals surface area contributed by atoms with E-state index in [-0.39, 0.29) is 11.7 Å². The lowest BCUT2D eigenvalue weighted by atomic mass is 9.84. The van der Waals surface area contributed by atoms with Crippen LogP contribution in [-0.2, 0) is 11.3 Å². The summed E-state index contributed by atoms with van der Waals surface area (Å²) in [7, 11) is 0. The van der Waals surface area contributed by atoms with Gasteiger partial charge in [-0.1, -0.05) is 19.9 Å². The van der Waals surface area contributed by atoms with Crippen LogP contribution in [0.2, 0.25) is 0 Å². The van der Waals surface area contributed by atoms with Gasteiger partial charge in [-0.15, -0.1) is 0 Å². The van der Waals surface area contributed by atoms with Crippen LogP contribution in [0.5, 0.6) is 0 Å². The van der Waals surface area contributed by atoms with Gasteiger partial charge in [-0.25, -0.2) is 9.24 Å². The Labute approximate surface area is 94.9 Å². The van der Waals surface area contributed by atoms with E-state index >= 15 is 0 Å². The number of rotatable bonds is 1. The Morgan fingerprint density at radius 1 is 1.50 bits per heavy atom. The topological polar surface area (TPSA) is 13.6 Å². The van der Waals surface area contributed by atoms with Gasteiger partial charge in [-0.3, -0.25) is 0 Å². The van der Waals surface area contributed by atoms with Crippen molar-refractivity contribution >= 4 is 5.69 Å². The molecule has 16 heavy (non-hydrogen) atoms. The third-order valence-corrected chi connectivity index (χ3v) is 3.06. The lowest BCUT2D eigenvalue weighted by Crippen LogP contribution is -2.22. The highest BCUT2D eigenvalue weighted by Gasteiger charge is 2.27. The average molecular weight is 219 g/mol. The van der Waals surface area contributed by atoms with E-state index in [1.54, 1.807) is 6.07 Å². The molecule has 2 rings (SSSR count). The first-order valence-electron chi connectivity index (χ1n) is 5.41. The van der Waals surface area contributed by atoms with E-state index in [0.29, 0.717) is 24.8 Å². The Hall–Kier alpha value is -1.40. The molecule has 0 N–H and O–H groups in total. The maximum atomic E-state index is 13.9. The summed E-state index contributed by atoms with van der Waals surface area (Å²) in [6.45, 7) is 12.0. The second-order valence-corrected chi connectivity index (χ2v) is 4.48. The first-order chi connectivity index (χ1) is 7.63. The van der Waals surface area contributed by atoms with Gasteiger partial charge in [0.15, 0.2) is 5.69 Å². The standard InChI is InChI=1S/C13H14FNO/c1-8(2)11-7-16-6-9-4-10(15-3)5-12(14)13(9)11/h4-5,8,11H,6-7H2,1-2H3/t11-/m0/s1. The third kappa shape index (κ3) is 1.81. The van der Waals surface area contributed by atoms with Crippen LogP contribution in [0.4, 0.5) is 10.1 Å². The highest BCUT2D eigenvalue weighted by atomic mass is 19.1. The summed E-state index contributed by atoms with van der Waals surface area (Å²) in [5, 5.41) is 0. The van der Waals surface area contributed by atoms with Gasteiger partial charge in [0.25, 0.3) is 0 Å². The second kappa shape index (κ2) is 4.23. The summed E-state index contributed by atoms with van der Waals surface area (Å²) < 4.78 is 19.4. The average Bonchev–Trinajstić information content (AvgIpc) is 2.27. The lowest BCUT2D eigenvalue weighted by molar-refractivity contribution is 0.0774. The Kier molecular flexibility index (Phi) is 2.93. The predicted octanol–water partition coefficient (Wildman–Crippen LogP) is 3.65. The van der Waals surface area contributed by atoms with E-state index in [9.17, 15) is 4.39 Å². The highest BCUT2D eigenvalue weighted by molar-refractivity contribution is 5.51. The van der Waals surface area contributed by atoms with Gasteiger partial charge in [0.05, 0.1) is 19.8 Å². The molecule has 0 spiro atoms. The van der Waals surface area contributed by atoms with Crippen molar-refractivity contribution in [2.24, 2.45) is 5.92 Å². The summed E-state index contributed by atoms with van der Waals surface area (Å²) >= 11 is 0. The Morgan fingerprint density at radius 2 is 2.25 bits per heavy atom. The number of benzene rings is 1. The molecule has 0 bridgehead atoms. The van der Waals surface area contributed by atoms with E-state index in [1.165, 1.54) is 6.07 Å². The first-order valence-corrected chi connectivity index (χ1v) is 5.41. The SMILES string of the molecule is [C-]#[N+]c1cc(F)c2c(c1)COC[C@H]2C(C)C. The Balaban J connectivity index is 2.53. The van der Waals surface area contributed by atoms with Crippen molar-refractivity contribution in [3.05, 3.63) is 40.5 Å². The highest BCUT2D eigenvalue weighted by Crippen LogP contribution is 2.36. The molecule has 0 amide bonds. The van der Waals surface area contributed by atoms with Crippen LogP contribution >= 0.6 is 0 Å². The quantitative estimate of drug-likeness (QED) is 0.657. The number of nitrogens with zero attached hydrogens (tertiary/aromatic N) is 1. The van der Waals surface area contributed by atoms with Crippen molar-refractivity contribution in [1.29, 1.82) is 0 Å². The van der Waals surface area contributed by atoms with Crippen molar-refractivity contribution in [1.82, 2.24) is 0 Å². The van der Waals surface area contributed by atoms with Crippen LogP contribution in [0.15, 0.2) is 12.1 Å². The van der Waals surface area contributed by atoms with Crippen LogP contribution in [0.1, 0.15) is 30.9 Å². The molecule has 1 aliphatic heterocycles. The maximum absolute atomic E-state index is 13.9. The van der Waals surface area contributed by atoms with Crippen molar-refractivity contribution < 1.29 is 9.13 Å². The van der Waals surface area contributed by atoms with Gasteiger partial charge in [-0.05, 0) is 23.1 Å². The van der Waals surface area contributed by atoms with Crippen LogP contribution in [0.25, 0.3) is 4.85 Å². The lowest BCUT2D eigenvalue weighted by Gasteiger charge is -2.29. The van der Waals surface area contributed by atoms with E-state index in [0.717, 1.165) is 11.1 Å². The monoisotopic (exact) mass is 219 g/mol. The molecular formula is C13H14FNO. The summed E-state index contributed by atoms with van der Waals surface area (Å²) in [6.07, 6.45) is 0. The molecule has 0 aliphatic carbocycles. The van der Waals surface area contributed by atoms with Gasteiger partial charge in [-0.2, -0.15) is 0 Å². The fourth-order valence-electron chi connectivity index (χ4n) is 2.16. The minimum Gasteiger partial charge on any atom is -0.376 e. The third-order valence-electron chi connectivity index (χ3n) is 3.06. The number of hydrogen-bond donors (Lipinski definition) is 0. The number of halogens is 1. The van der Waals surface area contributed by atoms with E-state index in [4.69, 9.17) is 11.3 Å². The molecule has 0 unspecified atom stereocenters. The smallest absolute Gasteiger partial charge is 0.190 e. The van der Waals surface area contributed by atoms with Crippen LogP contribution in [0, 0.1) is 18.3 Å². The molecule has 0 saturated carbocycles. The largest absolute Gasteiger partial charge is 0.376 e. The van der Waals surface area contributed by atoms with Gasteiger partial charge in [0.2, 0.25) is 0 Å². The molecule has 1 aromatic carbocycles. The fraction of sp³-hybridized carbons (Fsp3) is 0.462. The molecule has 2 nitrogen and oxygen atoms in total. The van der Waals surface area contributed by atoms with Crippen molar-refractivity contribution in [2.45, 2.75) is 26.4 Å². The van der Waals surface area contributed by atoms with Gasteiger partial charge >= 0.3 is 0 Å². The van der Waals surface area contributed by atoms with E-state index in [1.807, 2.05) is 0 Å². The number of hydrogen-bond acceptors (Lipinski definition) is 1. The Morgan fingerprint density at radius 3 is 2.88 bits per heavy atom. The number of fused-ring (bicyclic) bond motifs is 1. The zero-order valence-electron chi connectivity index (χ0n) is 9.46. The zero-order chi connectivity index (χ0) is 11.7. The van der Waals surface area contributed by atoms with E-state index in [2.05, 4.69) is 18.7 Å². The molecule has 0 saturated heterocycles. The summed E-state index contributed by atoms with van der Waals surface area (Å²) in [5.41, 5.74) is 1.92. The van der Waals surface area contributed by atoms with Crippen LogP contribution < -0.4 is 0 Å². The molecule has 3 heteroatoms. The number of ether oxygens (including phenoxy) is 1. The fourth-order valence-corrected chi connectivity index (χ4v) is 2.16. The minimum atomic E-state index is -0.259. The predicted molar refractivity (Wildman–Crippen MR) is 59.9 cm³/mol. The normalized spacial score (nSPS) is 19.3. The molecule has 0 radical (unpaired) electrons. The van der Waals surface area contributed by atoms with Crippen molar-refractivity contribution in [3.8, 4) is 0 Å². The maximum Gasteiger partial charge on any atom is 0.190 e. The van der Waals surface area contributed by atoms with Crippen LogP contribution in [-0.4, -0.2) is 6.61 Å². The van der Waals surface area contributed by atoms with Crippen molar-refractivity contribution in [2.75, 3.05) is 6.61 Å². The Bertz CT molecular complexity index is 448. The minimum absolute atomic E-state index is 0.100. The molecule has 84 valence electrons. The van der Waals surface area contributed by atoms with Gasteiger partial charge in [0.1, 0.15) is 5.82 Å². The molecule has 0 fully saturated rings. The molecule has 1 heterocycles. The van der Waals surface area contributed by atoms with E-state index < -0.39 is 0 Å². The van der Waals surface area contributed by atoms with Gasteiger partial charge < -0.3 is 4.74 Å². The molecule has 1 aliphatic rings. The van der Waals surface area contributed by atoms with Crippen LogP contribution in [0.3, 0.4) is 0 Å². The second-order valence-electron chi connectivity index (χ2n) is 4.48. The first kappa shape index (κ1) is 11.1. The summed E-state index contributed by atoms with van der Waals surface area (Å²) in [5.74, 6) is 0.182. The molecular weight excluding hydrogens is 205 g/mol. The van der Waals surface area contributed by atoms with Gasteiger partial charge in [0, 0.05) is 5.92 Å². The summed E-state index contributed by atoms with van der Waals surface area (Å²) in [6, 6.07) is 3.06. The molecule has 1 atom stereocenters. The summed E-state index contributed by atoms with van der Waals surface area (Å²) in [4.78, 5) is 3.26. The molecule has 0 aromatic heterocycles. The zero-order valence-corrected chi connectivity index (χ0v) is 9.46. The molecule has 1 aromatic rings.